The van der Waals surface area contributed by atoms with Gasteiger partial charge < -0.3 is 10.1 Å². The Bertz CT molecular complexity index is 879. The van der Waals surface area contributed by atoms with Gasteiger partial charge in [-0.05, 0) is 42.1 Å². The van der Waals surface area contributed by atoms with Gasteiger partial charge in [0.05, 0.1) is 6.20 Å². The van der Waals surface area contributed by atoms with Gasteiger partial charge in [0.15, 0.2) is 0 Å². The normalized spacial score (nSPS) is 13.5. The maximum atomic E-state index is 12.2. The maximum Gasteiger partial charge on any atom is 0.260 e. The van der Waals surface area contributed by atoms with Crippen LogP contribution >= 0.6 is 27.9 Å². The molecule has 1 aliphatic heterocycles. The molecule has 0 radical (unpaired) electrons. The Labute approximate surface area is 190 Å². The molecule has 0 spiro atoms. The standard InChI is InChI=1S/C22H27BrN4O2S/c1-3-12-24-22(28)21-15-27(25-30-21)26(4-2)14-18-13-19(23)10-11-20(18)29-16-17-8-6-5-7-9-17/h5-11,13,15,25H,3-4,12,14,16H2,1-2H3,(H,24,28). The Hall–Kier alpha value is -2.00. The van der Waals surface area contributed by atoms with Crippen molar-refractivity contribution in [3.8, 4) is 5.75 Å². The van der Waals surface area contributed by atoms with Crippen LogP contribution in [0.1, 0.15) is 31.4 Å². The van der Waals surface area contributed by atoms with Gasteiger partial charge >= 0.3 is 0 Å². The van der Waals surface area contributed by atoms with Crippen LogP contribution in [0.25, 0.3) is 0 Å². The van der Waals surface area contributed by atoms with Gasteiger partial charge in [-0.1, -0.05) is 60.1 Å². The lowest BCUT2D eigenvalue weighted by Gasteiger charge is -2.30. The summed E-state index contributed by atoms with van der Waals surface area (Å²) >= 11 is 4.89. The molecule has 30 heavy (non-hydrogen) atoms. The molecule has 2 N–H and O–H groups in total. The first-order valence-corrected chi connectivity index (χ1v) is 11.6. The fourth-order valence-corrected chi connectivity index (χ4v) is 4.00. The lowest BCUT2D eigenvalue weighted by Crippen LogP contribution is -2.42. The van der Waals surface area contributed by atoms with Crippen LogP contribution in [0.2, 0.25) is 0 Å². The summed E-state index contributed by atoms with van der Waals surface area (Å²) in [5.41, 5.74) is 2.19. The number of hydrogen-bond donors (Lipinski definition) is 2. The molecular weight excluding hydrogens is 464 g/mol. The molecule has 0 fully saturated rings. The molecule has 1 heterocycles. The molecule has 1 amide bonds. The maximum absolute atomic E-state index is 12.2. The largest absolute Gasteiger partial charge is 0.489 e. The van der Waals surface area contributed by atoms with Crippen molar-refractivity contribution in [2.45, 2.75) is 33.4 Å². The first-order chi connectivity index (χ1) is 14.6. The third-order valence-electron chi connectivity index (χ3n) is 4.53. The lowest BCUT2D eigenvalue weighted by atomic mass is 10.2. The van der Waals surface area contributed by atoms with Crippen molar-refractivity contribution in [2.75, 3.05) is 13.1 Å². The number of hydrazine groups is 2. The van der Waals surface area contributed by atoms with E-state index in [0.29, 0.717) is 24.6 Å². The number of carbonyl (C=O) groups is 1. The van der Waals surface area contributed by atoms with Crippen molar-refractivity contribution < 1.29 is 9.53 Å². The number of nitrogens with one attached hydrogen (secondary N) is 2. The fraction of sp³-hybridized carbons (Fsp3) is 0.318. The van der Waals surface area contributed by atoms with E-state index in [2.05, 4.69) is 56.2 Å². The second-order valence-electron chi connectivity index (χ2n) is 6.79. The first kappa shape index (κ1) is 22.7. The Morgan fingerprint density at radius 2 is 2.03 bits per heavy atom. The van der Waals surface area contributed by atoms with Gasteiger partial charge in [-0.15, -0.1) is 0 Å². The number of nitrogens with zero attached hydrogens (tertiary/aromatic N) is 2. The van der Waals surface area contributed by atoms with Crippen LogP contribution < -0.4 is 14.9 Å². The molecular formula is C22H27BrN4O2S. The predicted octanol–water partition coefficient (Wildman–Crippen LogP) is 4.60. The quantitative estimate of drug-likeness (QED) is 0.474. The summed E-state index contributed by atoms with van der Waals surface area (Å²) in [6, 6.07) is 16.2. The van der Waals surface area contributed by atoms with E-state index in [9.17, 15) is 4.79 Å². The van der Waals surface area contributed by atoms with Crippen molar-refractivity contribution >= 4 is 33.8 Å². The van der Waals surface area contributed by atoms with Crippen LogP contribution in [-0.2, 0) is 17.9 Å². The minimum atomic E-state index is -0.0535. The van der Waals surface area contributed by atoms with E-state index in [4.69, 9.17) is 4.74 Å². The second-order valence-corrected chi connectivity index (χ2v) is 8.54. The van der Waals surface area contributed by atoms with E-state index in [0.717, 1.165) is 34.3 Å². The van der Waals surface area contributed by atoms with Gasteiger partial charge in [0.2, 0.25) is 0 Å². The zero-order valence-electron chi connectivity index (χ0n) is 17.2. The van der Waals surface area contributed by atoms with Gasteiger partial charge in [-0.3, -0.25) is 4.79 Å². The predicted molar refractivity (Wildman–Crippen MR) is 125 cm³/mol. The number of benzene rings is 2. The van der Waals surface area contributed by atoms with Crippen LogP contribution in [0.3, 0.4) is 0 Å². The van der Waals surface area contributed by atoms with Crippen molar-refractivity contribution in [3.05, 3.63) is 75.2 Å². The van der Waals surface area contributed by atoms with E-state index < -0.39 is 0 Å². The van der Waals surface area contributed by atoms with Crippen LogP contribution in [0.15, 0.2) is 64.1 Å². The summed E-state index contributed by atoms with van der Waals surface area (Å²) in [5.74, 6) is 0.791. The Kier molecular flexibility index (Phi) is 8.62. The monoisotopic (exact) mass is 490 g/mol. The molecule has 2 aromatic carbocycles. The average molecular weight is 491 g/mol. The molecule has 0 saturated heterocycles. The summed E-state index contributed by atoms with van der Waals surface area (Å²) in [5, 5.41) is 6.89. The van der Waals surface area contributed by atoms with Gasteiger partial charge in [0.1, 0.15) is 17.3 Å². The Balaban J connectivity index is 1.70. The van der Waals surface area contributed by atoms with Crippen molar-refractivity contribution in [1.82, 2.24) is 20.3 Å². The first-order valence-electron chi connectivity index (χ1n) is 10.0. The number of amides is 1. The highest BCUT2D eigenvalue weighted by Gasteiger charge is 2.23. The average Bonchev–Trinajstić information content (AvgIpc) is 3.26. The highest BCUT2D eigenvalue weighted by Crippen LogP contribution is 2.28. The van der Waals surface area contributed by atoms with E-state index in [-0.39, 0.29) is 5.91 Å². The fourth-order valence-electron chi connectivity index (χ4n) is 2.91. The molecule has 2 aromatic rings. The summed E-state index contributed by atoms with van der Waals surface area (Å²) < 4.78 is 7.12. The zero-order valence-corrected chi connectivity index (χ0v) is 19.6. The lowest BCUT2D eigenvalue weighted by molar-refractivity contribution is -0.116. The Morgan fingerprint density at radius 3 is 2.77 bits per heavy atom. The molecule has 0 bridgehead atoms. The van der Waals surface area contributed by atoms with E-state index in [1.165, 1.54) is 11.9 Å². The van der Waals surface area contributed by atoms with E-state index in [1.54, 1.807) is 0 Å². The van der Waals surface area contributed by atoms with Crippen LogP contribution in [-0.4, -0.2) is 29.1 Å². The van der Waals surface area contributed by atoms with Gasteiger partial charge in [0, 0.05) is 29.7 Å². The molecule has 0 aliphatic carbocycles. The van der Waals surface area contributed by atoms with Gasteiger partial charge in [0.25, 0.3) is 5.91 Å². The van der Waals surface area contributed by atoms with Crippen LogP contribution in [0.4, 0.5) is 0 Å². The highest BCUT2D eigenvalue weighted by molar-refractivity contribution is 9.10. The third-order valence-corrected chi connectivity index (χ3v) is 5.81. The topological polar surface area (TPSA) is 56.8 Å². The summed E-state index contributed by atoms with van der Waals surface area (Å²) in [4.78, 5) is 16.1. The number of halogens is 1. The van der Waals surface area contributed by atoms with Crippen LogP contribution in [0, 0.1) is 0 Å². The van der Waals surface area contributed by atoms with Crippen LogP contribution in [0.5, 0.6) is 5.75 Å². The van der Waals surface area contributed by atoms with Crippen molar-refractivity contribution in [1.29, 1.82) is 0 Å². The SMILES string of the molecule is CCCNC(=O)C1=CN(N(CC)Cc2cc(Br)ccc2OCc2ccccc2)NS1. The van der Waals surface area contributed by atoms with Gasteiger partial charge in [-0.25, -0.2) is 10.1 Å². The molecule has 8 heteroatoms. The molecule has 6 nitrogen and oxygen atoms in total. The number of ether oxygens (including phenoxy) is 1. The summed E-state index contributed by atoms with van der Waals surface area (Å²) in [7, 11) is 0. The van der Waals surface area contributed by atoms with E-state index >= 15 is 0 Å². The number of carbonyl (C=O) groups excluding carboxylic acids is 1. The zero-order chi connectivity index (χ0) is 21.3. The highest BCUT2D eigenvalue weighted by atomic mass is 79.9. The molecule has 1 aliphatic rings. The van der Waals surface area contributed by atoms with Crippen molar-refractivity contribution in [3.63, 3.8) is 0 Å². The summed E-state index contributed by atoms with van der Waals surface area (Å²) in [6.07, 6.45) is 2.75. The van der Waals surface area contributed by atoms with E-state index in [1.807, 2.05) is 48.6 Å². The number of rotatable bonds is 10. The van der Waals surface area contributed by atoms with Crippen molar-refractivity contribution in [2.24, 2.45) is 0 Å². The molecule has 0 unspecified atom stereocenters. The molecule has 3 rings (SSSR count). The minimum Gasteiger partial charge on any atom is -0.489 e. The smallest absolute Gasteiger partial charge is 0.260 e. The number of hydrogen-bond acceptors (Lipinski definition) is 6. The molecule has 0 aromatic heterocycles. The molecule has 0 atom stereocenters. The third kappa shape index (κ3) is 6.25. The Morgan fingerprint density at radius 1 is 1.23 bits per heavy atom. The molecule has 0 saturated carbocycles. The minimum absolute atomic E-state index is 0.0535. The summed E-state index contributed by atoms with van der Waals surface area (Å²) in [6.45, 7) is 6.70. The second kappa shape index (κ2) is 11.4. The molecule has 160 valence electrons. The van der Waals surface area contributed by atoms with Gasteiger partial charge in [-0.2, -0.15) is 4.83 Å².